The minimum atomic E-state index is 0.00234. The molecule has 1 aromatic rings. The molecule has 0 radical (unpaired) electrons. The normalized spacial score (nSPS) is 14.4. The fraction of sp³-hybridized carbons (Fsp3) is 0.615. The van der Waals surface area contributed by atoms with Crippen molar-refractivity contribution in [3.8, 4) is 0 Å². The van der Waals surface area contributed by atoms with E-state index in [0.717, 1.165) is 23.6 Å². The van der Waals surface area contributed by atoms with Crippen molar-refractivity contribution in [3.63, 3.8) is 0 Å². The van der Waals surface area contributed by atoms with Crippen LogP contribution in [0.2, 0.25) is 0 Å². The van der Waals surface area contributed by atoms with E-state index in [2.05, 4.69) is 36.2 Å². The molecule has 0 spiro atoms. The SMILES string of the molecule is CCC(CSC)N(C)c1ccc([C@H](C)N)nc1. The quantitative estimate of drug-likeness (QED) is 0.846. The molecule has 0 aliphatic rings. The first-order valence-corrected chi connectivity index (χ1v) is 7.42. The number of nitrogens with two attached hydrogens (primary N) is 1. The number of aromatic nitrogens is 1. The van der Waals surface area contributed by atoms with Crippen molar-refractivity contribution in [3.05, 3.63) is 24.0 Å². The summed E-state index contributed by atoms with van der Waals surface area (Å²) in [5.74, 6) is 1.14. The van der Waals surface area contributed by atoms with Gasteiger partial charge in [0.25, 0.3) is 0 Å². The first-order chi connectivity index (χ1) is 8.10. The Morgan fingerprint density at radius 1 is 1.47 bits per heavy atom. The zero-order valence-corrected chi connectivity index (χ0v) is 12.0. The van der Waals surface area contributed by atoms with Crippen LogP contribution in [0.5, 0.6) is 0 Å². The first kappa shape index (κ1) is 14.3. The number of rotatable bonds is 6. The van der Waals surface area contributed by atoms with Gasteiger partial charge in [0.2, 0.25) is 0 Å². The lowest BCUT2D eigenvalue weighted by molar-refractivity contribution is 0.671. The molecular weight excluding hydrogens is 230 g/mol. The van der Waals surface area contributed by atoms with E-state index in [4.69, 9.17) is 5.73 Å². The highest BCUT2D eigenvalue weighted by Crippen LogP contribution is 2.19. The Bertz CT molecular complexity index is 324. The highest BCUT2D eigenvalue weighted by molar-refractivity contribution is 7.98. The van der Waals surface area contributed by atoms with Gasteiger partial charge < -0.3 is 10.6 Å². The lowest BCUT2D eigenvalue weighted by atomic mass is 10.2. The number of nitrogens with zero attached hydrogens (tertiary/aromatic N) is 2. The van der Waals surface area contributed by atoms with E-state index in [1.807, 2.05) is 30.9 Å². The molecule has 0 aliphatic heterocycles. The van der Waals surface area contributed by atoms with Crippen molar-refractivity contribution in [2.45, 2.75) is 32.4 Å². The molecule has 2 N–H and O–H groups in total. The van der Waals surface area contributed by atoms with E-state index < -0.39 is 0 Å². The molecule has 0 amide bonds. The number of hydrogen-bond acceptors (Lipinski definition) is 4. The second kappa shape index (κ2) is 6.87. The lowest BCUT2D eigenvalue weighted by Crippen LogP contribution is -2.33. The molecule has 0 aliphatic carbocycles. The maximum atomic E-state index is 5.79. The fourth-order valence-electron chi connectivity index (χ4n) is 1.78. The molecule has 2 atom stereocenters. The zero-order valence-electron chi connectivity index (χ0n) is 11.2. The first-order valence-electron chi connectivity index (χ1n) is 6.03. The van der Waals surface area contributed by atoms with Crippen molar-refractivity contribution in [2.24, 2.45) is 5.73 Å². The molecule has 96 valence electrons. The molecule has 1 aromatic heterocycles. The van der Waals surface area contributed by atoms with E-state index in [0.29, 0.717) is 6.04 Å². The van der Waals surface area contributed by atoms with E-state index in [9.17, 15) is 0 Å². The number of pyridine rings is 1. The molecule has 1 unspecified atom stereocenters. The third-order valence-corrected chi connectivity index (χ3v) is 3.74. The number of thioether (sulfide) groups is 1. The smallest absolute Gasteiger partial charge is 0.0569 e. The molecule has 0 saturated heterocycles. The molecule has 1 rings (SSSR count). The van der Waals surface area contributed by atoms with Gasteiger partial charge in [-0.1, -0.05) is 6.92 Å². The van der Waals surface area contributed by atoms with Gasteiger partial charge in [-0.2, -0.15) is 11.8 Å². The Balaban J connectivity index is 2.77. The van der Waals surface area contributed by atoms with Gasteiger partial charge in [-0.05, 0) is 31.7 Å². The van der Waals surface area contributed by atoms with Crippen LogP contribution in [0, 0.1) is 0 Å². The van der Waals surface area contributed by atoms with Crippen LogP contribution < -0.4 is 10.6 Å². The number of hydrogen-bond donors (Lipinski definition) is 1. The third-order valence-electron chi connectivity index (χ3n) is 3.02. The summed E-state index contributed by atoms with van der Waals surface area (Å²) in [4.78, 5) is 6.70. The van der Waals surface area contributed by atoms with E-state index in [1.165, 1.54) is 0 Å². The van der Waals surface area contributed by atoms with Gasteiger partial charge in [0.05, 0.1) is 17.6 Å². The standard InChI is InChI=1S/C13H23N3S/c1-5-11(9-17-4)16(3)12-6-7-13(10(2)14)15-8-12/h6-8,10-11H,5,9,14H2,1-4H3/t10-,11?/m0/s1. The van der Waals surface area contributed by atoms with Crippen molar-refractivity contribution in [1.29, 1.82) is 0 Å². The Labute approximate surface area is 109 Å². The molecule has 1 heterocycles. The van der Waals surface area contributed by atoms with Gasteiger partial charge in [0.1, 0.15) is 0 Å². The second-order valence-electron chi connectivity index (χ2n) is 4.36. The molecule has 4 heteroatoms. The summed E-state index contributed by atoms with van der Waals surface area (Å²) in [5, 5.41) is 0. The van der Waals surface area contributed by atoms with Crippen LogP contribution in [-0.2, 0) is 0 Å². The van der Waals surface area contributed by atoms with Crippen LogP contribution in [0.25, 0.3) is 0 Å². The summed E-state index contributed by atoms with van der Waals surface area (Å²) in [7, 11) is 2.13. The molecule has 3 nitrogen and oxygen atoms in total. The highest BCUT2D eigenvalue weighted by atomic mass is 32.2. The van der Waals surface area contributed by atoms with E-state index in [-0.39, 0.29) is 6.04 Å². The van der Waals surface area contributed by atoms with Gasteiger partial charge in [-0.15, -0.1) is 0 Å². The Morgan fingerprint density at radius 3 is 2.59 bits per heavy atom. The maximum Gasteiger partial charge on any atom is 0.0569 e. The minimum absolute atomic E-state index is 0.00234. The molecule has 0 fully saturated rings. The monoisotopic (exact) mass is 253 g/mol. The highest BCUT2D eigenvalue weighted by Gasteiger charge is 2.13. The third kappa shape index (κ3) is 3.89. The molecule has 17 heavy (non-hydrogen) atoms. The summed E-state index contributed by atoms with van der Waals surface area (Å²) in [6.45, 7) is 4.18. The van der Waals surface area contributed by atoms with Crippen LogP contribution in [0.15, 0.2) is 18.3 Å². The van der Waals surface area contributed by atoms with Gasteiger partial charge in [-0.25, -0.2) is 0 Å². The second-order valence-corrected chi connectivity index (χ2v) is 5.27. The van der Waals surface area contributed by atoms with E-state index >= 15 is 0 Å². The fourth-order valence-corrected chi connectivity index (χ4v) is 2.63. The van der Waals surface area contributed by atoms with Crippen molar-refractivity contribution >= 4 is 17.4 Å². The van der Waals surface area contributed by atoms with Gasteiger partial charge >= 0.3 is 0 Å². The van der Waals surface area contributed by atoms with Gasteiger partial charge in [-0.3, -0.25) is 4.98 Å². The van der Waals surface area contributed by atoms with E-state index in [1.54, 1.807) is 0 Å². The largest absolute Gasteiger partial charge is 0.370 e. The summed E-state index contributed by atoms with van der Waals surface area (Å²) >= 11 is 1.88. The predicted octanol–water partition coefficient (Wildman–Crippen LogP) is 2.68. The summed E-state index contributed by atoms with van der Waals surface area (Å²) in [6, 6.07) is 4.69. The molecule has 0 saturated carbocycles. The predicted molar refractivity (Wildman–Crippen MR) is 77.7 cm³/mol. The van der Waals surface area contributed by atoms with Crippen LogP contribution in [0.1, 0.15) is 32.0 Å². The average molecular weight is 253 g/mol. The van der Waals surface area contributed by atoms with Crippen molar-refractivity contribution in [2.75, 3.05) is 24.0 Å². The Hall–Kier alpha value is -0.740. The zero-order chi connectivity index (χ0) is 12.8. The van der Waals surface area contributed by atoms with Gasteiger partial charge in [0.15, 0.2) is 0 Å². The summed E-state index contributed by atoms with van der Waals surface area (Å²) in [6.07, 6.45) is 5.21. The minimum Gasteiger partial charge on any atom is -0.370 e. The van der Waals surface area contributed by atoms with Crippen molar-refractivity contribution < 1.29 is 0 Å². The average Bonchev–Trinajstić information content (AvgIpc) is 2.35. The van der Waals surface area contributed by atoms with Gasteiger partial charge in [0, 0.05) is 24.9 Å². The Kier molecular flexibility index (Phi) is 5.78. The van der Waals surface area contributed by atoms with Crippen molar-refractivity contribution in [1.82, 2.24) is 4.98 Å². The summed E-state index contributed by atoms with van der Waals surface area (Å²) < 4.78 is 0. The number of anilines is 1. The van der Waals surface area contributed by atoms with Crippen LogP contribution in [-0.4, -0.2) is 30.1 Å². The molecular formula is C13H23N3S. The maximum absolute atomic E-state index is 5.79. The van der Waals surface area contributed by atoms with Crippen LogP contribution in [0.3, 0.4) is 0 Å². The summed E-state index contributed by atoms with van der Waals surface area (Å²) in [5.41, 5.74) is 7.90. The molecule has 0 bridgehead atoms. The van der Waals surface area contributed by atoms with Crippen LogP contribution in [0.4, 0.5) is 5.69 Å². The van der Waals surface area contributed by atoms with Crippen LogP contribution >= 0.6 is 11.8 Å². The molecule has 0 aromatic carbocycles. The Morgan fingerprint density at radius 2 is 2.18 bits per heavy atom. The lowest BCUT2D eigenvalue weighted by Gasteiger charge is -2.28. The topological polar surface area (TPSA) is 42.1 Å².